The van der Waals surface area contributed by atoms with Crippen molar-refractivity contribution < 1.29 is 4.79 Å². The molecular weight excluding hydrogens is 331 g/mol. The summed E-state index contributed by atoms with van der Waals surface area (Å²) in [5.74, 6) is -1.11. The molecule has 0 amide bonds. The first-order chi connectivity index (χ1) is 11.0. The van der Waals surface area contributed by atoms with E-state index in [1.165, 1.54) is 0 Å². The first-order valence-corrected chi connectivity index (χ1v) is 7.97. The van der Waals surface area contributed by atoms with Gasteiger partial charge in [-0.2, -0.15) is 5.26 Å². The molecule has 116 valence electrons. The van der Waals surface area contributed by atoms with Crippen LogP contribution in [0.4, 0.5) is 0 Å². The quantitative estimate of drug-likeness (QED) is 0.724. The van der Waals surface area contributed by atoms with Crippen LogP contribution < -0.4 is 0 Å². The molecular formula is C18H14Cl2N2O. The third-order valence-electron chi connectivity index (χ3n) is 4.30. The highest BCUT2D eigenvalue weighted by Crippen LogP contribution is 2.48. The van der Waals surface area contributed by atoms with Crippen LogP contribution in [0, 0.1) is 23.2 Å². The van der Waals surface area contributed by atoms with Crippen molar-refractivity contribution in [2.45, 2.75) is 12.3 Å². The number of halogens is 2. The Labute approximate surface area is 144 Å². The molecule has 5 heteroatoms. The van der Waals surface area contributed by atoms with E-state index in [4.69, 9.17) is 23.2 Å². The lowest BCUT2D eigenvalue weighted by Crippen LogP contribution is -2.25. The monoisotopic (exact) mass is 344 g/mol. The van der Waals surface area contributed by atoms with Crippen LogP contribution in [0.5, 0.6) is 0 Å². The summed E-state index contributed by atoms with van der Waals surface area (Å²) >= 11 is 12.2. The van der Waals surface area contributed by atoms with Gasteiger partial charge in [-0.25, -0.2) is 0 Å². The van der Waals surface area contributed by atoms with E-state index in [-0.39, 0.29) is 17.7 Å². The van der Waals surface area contributed by atoms with Gasteiger partial charge in [-0.1, -0.05) is 35.4 Å². The molecule has 1 fully saturated rings. The van der Waals surface area contributed by atoms with E-state index in [0.717, 1.165) is 11.1 Å². The number of benzene rings is 1. The second kappa shape index (κ2) is 6.23. The molecule has 0 bridgehead atoms. The summed E-state index contributed by atoms with van der Waals surface area (Å²) in [6.45, 7) is 3.99. The van der Waals surface area contributed by atoms with Gasteiger partial charge in [-0.05, 0) is 42.3 Å². The summed E-state index contributed by atoms with van der Waals surface area (Å²) < 4.78 is 1.55. The highest BCUT2D eigenvalue weighted by Gasteiger charge is 2.44. The molecule has 3 rings (SSSR count). The number of hydrogen-bond donors (Lipinski definition) is 0. The fourth-order valence-corrected chi connectivity index (χ4v) is 3.84. The van der Waals surface area contributed by atoms with Gasteiger partial charge >= 0.3 is 0 Å². The van der Waals surface area contributed by atoms with Crippen LogP contribution in [0.2, 0.25) is 10.0 Å². The number of hydrogen-bond acceptors (Lipinski definition) is 2. The second-order valence-corrected chi connectivity index (χ2v) is 6.61. The van der Waals surface area contributed by atoms with Crippen molar-refractivity contribution in [2.24, 2.45) is 11.8 Å². The fourth-order valence-electron chi connectivity index (χ4n) is 3.30. The second-order valence-electron chi connectivity index (χ2n) is 5.73. The zero-order valence-electron chi connectivity index (χ0n) is 12.2. The number of nitrogens with zero attached hydrogens (tertiary/aromatic N) is 2. The molecule has 0 unspecified atom stereocenters. The van der Waals surface area contributed by atoms with Gasteiger partial charge in [-0.3, -0.25) is 9.36 Å². The predicted octanol–water partition coefficient (Wildman–Crippen LogP) is 4.93. The molecule has 23 heavy (non-hydrogen) atoms. The molecule has 1 aliphatic carbocycles. The minimum absolute atomic E-state index is 0.0463. The average Bonchev–Trinajstić information content (AvgIpc) is 3.12. The number of carbonyl (C=O) groups excluding carboxylic acids is 1. The predicted molar refractivity (Wildman–Crippen MR) is 90.6 cm³/mol. The fraction of sp³-hybridized carbons (Fsp3) is 0.222. The van der Waals surface area contributed by atoms with Crippen molar-refractivity contribution in [1.29, 1.82) is 5.26 Å². The molecule has 0 saturated heterocycles. The summed E-state index contributed by atoms with van der Waals surface area (Å²) in [5, 5.41) is 10.5. The van der Waals surface area contributed by atoms with Crippen molar-refractivity contribution in [3.63, 3.8) is 0 Å². The van der Waals surface area contributed by atoms with Gasteiger partial charge in [0.1, 0.15) is 0 Å². The van der Waals surface area contributed by atoms with Crippen molar-refractivity contribution >= 4 is 29.1 Å². The smallest absolute Gasteiger partial charge is 0.234 e. The minimum Gasteiger partial charge on any atom is -0.294 e. The SMILES string of the molecule is C=C1C[C@@H](C(=O)n2cccc2)[C@H](c2cc(Cl)cc(Cl)c2)[C@@H]1C#N. The van der Waals surface area contributed by atoms with Crippen LogP contribution in [-0.2, 0) is 0 Å². The van der Waals surface area contributed by atoms with Crippen LogP contribution in [0.25, 0.3) is 0 Å². The molecule has 1 heterocycles. The van der Waals surface area contributed by atoms with Crippen molar-refractivity contribution in [3.8, 4) is 6.07 Å². The molecule has 0 N–H and O–H groups in total. The van der Waals surface area contributed by atoms with Crippen LogP contribution in [0.3, 0.4) is 0 Å². The number of carbonyl (C=O) groups is 1. The Morgan fingerprint density at radius 3 is 2.39 bits per heavy atom. The molecule has 1 saturated carbocycles. The Morgan fingerprint density at radius 1 is 1.22 bits per heavy atom. The highest BCUT2D eigenvalue weighted by molar-refractivity contribution is 6.34. The lowest BCUT2D eigenvalue weighted by Gasteiger charge is -2.21. The number of nitriles is 1. The van der Waals surface area contributed by atoms with Gasteiger partial charge in [-0.15, -0.1) is 0 Å². The first-order valence-electron chi connectivity index (χ1n) is 7.21. The summed E-state index contributed by atoms with van der Waals surface area (Å²) in [4.78, 5) is 12.8. The summed E-state index contributed by atoms with van der Waals surface area (Å²) in [5.41, 5.74) is 1.58. The maximum absolute atomic E-state index is 12.8. The Hall–Kier alpha value is -2.02. The van der Waals surface area contributed by atoms with E-state index in [9.17, 15) is 10.1 Å². The topological polar surface area (TPSA) is 45.8 Å². The van der Waals surface area contributed by atoms with Crippen molar-refractivity contribution in [1.82, 2.24) is 4.57 Å². The Morgan fingerprint density at radius 2 is 1.83 bits per heavy atom. The number of rotatable bonds is 2. The first kappa shape index (κ1) is 15.9. The normalized spacial score (nSPS) is 23.7. The van der Waals surface area contributed by atoms with E-state index in [1.807, 2.05) is 0 Å². The molecule has 0 spiro atoms. The van der Waals surface area contributed by atoms with Crippen LogP contribution >= 0.6 is 23.2 Å². The molecule has 0 aliphatic heterocycles. The maximum Gasteiger partial charge on any atom is 0.234 e. The van der Waals surface area contributed by atoms with Crippen LogP contribution in [0.15, 0.2) is 54.9 Å². The Balaban J connectivity index is 2.06. The lowest BCUT2D eigenvalue weighted by molar-refractivity contribution is 0.0823. The zero-order valence-corrected chi connectivity index (χ0v) is 13.8. The summed E-state index contributed by atoms with van der Waals surface area (Å²) in [7, 11) is 0. The molecule has 1 aromatic heterocycles. The highest BCUT2D eigenvalue weighted by atomic mass is 35.5. The number of allylic oxidation sites excluding steroid dienone is 1. The molecule has 2 aromatic rings. The average molecular weight is 345 g/mol. The van der Waals surface area contributed by atoms with E-state index >= 15 is 0 Å². The summed E-state index contributed by atoms with van der Waals surface area (Å²) in [6, 6.07) is 11.1. The van der Waals surface area contributed by atoms with Gasteiger partial charge in [0.2, 0.25) is 5.91 Å². The maximum atomic E-state index is 12.8. The van der Waals surface area contributed by atoms with E-state index in [1.54, 1.807) is 47.3 Å². The van der Waals surface area contributed by atoms with E-state index in [0.29, 0.717) is 16.5 Å². The minimum atomic E-state index is -0.422. The Kier molecular flexibility index (Phi) is 4.30. The van der Waals surface area contributed by atoms with E-state index < -0.39 is 5.92 Å². The third kappa shape index (κ3) is 2.93. The molecule has 1 aromatic carbocycles. The van der Waals surface area contributed by atoms with Gasteiger partial charge in [0.05, 0.1) is 17.9 Å². The molecule has 3 atom stereocenters. The van der Waals surface area contributed by atoms with Gasteiger partial charge in [0, 0.05) is 28.4 Å². The Bertz CT molecular complexity index is 785. The van der Waals surface area contributed by atoms with Crippen LogP contribution in [0.1, 0.15) is 22.7 Å². The van der Waals surface area contributed by atoms with Crippen molar-refractivity contribution in [2.75, 3.05) is 0 Å². The van der Waals surface area contributed by atoms with E-state index in [2.05, 4.69) is 12.6 Å². The largest absolute Gasteiger partial charge is 0.294 e. The van der Waals surface area contributed by atoms with Gasteiger partial charge in [0.15, 0.2) is 0 Å². The molecule has 3 nitrogen and oxygen atoms in total. The molecule has 1 aliphatic rings. The lowest BCUT2D eigenvalue weighted by atomic mass is 9.83. The molecule has 0 radical (unpaired) electrons. The zero-order chi connectivity index (χ0) is 16.6. The third-order valence-corrected chi connectivity index (χ3v) is 4.74. The number of aromatic nitrogens is 1. The van der Waals surface area contributed by atoms with Crippen molar-refractivity contribution in [3.05, 3.63) is 70.5 Å². The van der Waals surface area contributed by atoms with Gasteiger partial charge in [0.25, 0.3) is 0 Å². The summed E-state index contributed by atoms with van der Waals surface area (Å²) in [6.07, 6.45) is 3.92. The van der Waals surface area contributed by atoms with Gasteiger partial charge < -0.3 is 0 Å². The standard InChI is InChI=1S/C18H14Cl2N2O/c1-11-6-15(18(23)22-4-2-3-5-22)17(16(11)10-21)12-7-13(19)9-14(20)8-12/h2-5,7-9,15-17H,1,6H2/t15-,16-,17+/m1/s1. The van der Waals surface area contributed by atoms with Crippen LogP contribution in [-0.4, -0.2) is 10.5 Å².